The molecule has 0 bridgehead atoms. The van der Waals surface area contributed by atoms with E-state index in [1.54, 1.807) is 0 Å². The molecule has 3 rings (SSSR count). The number of benzene rings is 3. The Morgan fingerprint density at radius 1 is 1.00 bits per heavy atom. The minimum Gasteiger partial charge on any atom is -0.488 e. The van der Waals surface area contributed by atoms with E-state index in [0.29, 0.717) is 6.61 Å². The van der Waals surface area contributed by atoms with Gasteiger partial charge >= 0.3 is 0 Å². The maximum Gasteiger partial charge on any atom is 0.128 e. The number of ether oxygens (including phenoxy) is 1. The topological polar surface area (TPSA) is 21.6 Å². The molecule has 3 aromatic rings. The van der Waals surface area contributed by atoms with E-state index in [0.717, 1.165) is 37.6 Å². The maximum absolute atomic E-state index is 6.00. The lowest BCUT2D eigenvalue weighted by Crippen LogP contribution is -1.98. The lowest BCUT2D eigenvalue weighted by atomic mass is 10.1. The fourth-order valence-corrected chi connectivity index (χ4v) is 3.09. The van der Waals surface area contributed by atoms with Crippen LogP contribution in [0.25, 0.3) is 0 Å². The number of aryl methyl sites for hydroxylation is 2. The summed E-state index contributed by atoms with van der Waals surface area (Å²) in [5.41, 5.74) is 5.33. The van der Waals surface area contributed by atoms with Gasteiger partial charge in [-0.15, -0.1) is 0 Å². The van der Waals surface area contributed by atoms with Crippen LogP contribution in [0.15, 0.2) is 70.1 Å². The summed E-state index contributed by atoms with van der Waals surface area (Å²) in [7, 11) is 0. The largest absolute Gasteiger partial charge is 0.488 e. The lowest BCUT2D eigenvalue weighted by Gasteiger charge is -2.10. The molecule has 0 fully saturated rings. The average Bonchev–Trinajstić information content (AvgIpc) is 2.61. The van der Waals surface area contributed by atoms with Gasteiger partial charge in [-0.05, 0) is 61.4 Å². The predicted molar refractivity (Wildman–Crippen MR) is 113 cm³/mol. The molecule has 0 radical (unpaired) electrons. The van der Waals surface area contributed by atoms with Gasteiger partial charge < -0.3 is 4.74 Å². The zero-order valence-electron chi connectivity index (χ0n) is 14.7. The van der Waals surface area contributed by atoms with Gasteiger partial charge in [0.2, 0.25) is 0 Å². The molecule has 0 N–H and O–H groups in total. The third-order valence-electron chi connectivity index (χ3n) is 3.97. The van der Waals surface area contributed by atoms with Crippen LogP contribution in [0.3, 0.4) is 0 Å². The van der Waals surface area contributed by atoms with Crippen LogP contribution in [0, 0.1) is 13.8 Å². The zero-order valence-corrected chi connectivity index (χ0v) is 17.0. The van der Waals surface area contributed by atoms with E-state index < -0.39 is 0 Å². The van der Waals surface area contributed by atoms with Crippen molar-refractivity contribution < 1.29 is 4.74 Å². The smallest absolute Gasteiger partial charge is 0.128 e. The Morgan fingerprint density at radius 2 is 1.77 bits per heavy atom. The van der Waals surface area contributed by atoms with E-state index in [1.165, 1.54) is 5.56 Å². The molecule has 0 atom stereocenters. The summed E-state index contributed by atoms with van der Waals surface area (Å²) in [5.74, 6) is 0.789. The first kappa shape index (κ1) is 18.7. The van der Waals surface area contributed by atoms with E-state index >= 15 is 0 Å². The summed E-state index contributed by atoms with van der Waals surface area (Å²) >= 11 is 9.45. The lowest BCUT2D eigenvalue weighted by molar-refractivity contribution is 0.306. The molecule has 3 aromatic carbocycles. The quantitative estimate of drug-likeness (QED) is 0.399. The van der Waals surface area contributed by atoms with Crippen LogP contribution in [0.4, 0.5) is 5.69 Å². The van der Waals surface area contributed by atoms with E-state index in [-0.39, 0.29) is 0 Å². The molecular formula is C22H19BrClNO. The van der Waals surface area contributed by atoms with Crippen molar-refractivity contribution in [3.8, 4) is 5.75 Å². The minimum atomic E-state index is 0.475. The van der Waals surface area contributed by atoms with Gasteiger partial charge in [0, 0.05) is 21.3 Å². The van der Waals surface area contributed by atoms with Gasteiger partial charge in [-0.3, -0.25) is 4.99 Å². The summed E-state index contributed by atoms with van der Waals surface area (Å²) in [6, 6.07) is 19.8. The van der Waals surface area contributed by atoms with Crippen molar-refractivity contribution in [2.75, 3.05) is 0 Å². The SMILES string of the molecule is Cc1ccc(N=Cc2cc(Br)ccc2OCc2ccc(Cl)cc2)c(C)c1. The minimum absolute atomic E-state index is 0.475. The molecule has 0 unspecified atom stereocenters. The molecule has 0 aliphatic carbocycles. The van der Waals surface area contributed by atoms with Gasteiger partial charge in [-0.1, -0.05) is 57.4 Å². The van der Waals surface area contributed by atoms with Crippen LogP contribution in [-0.4, -0.2) is 6.21 Å². The number of aliphatic imine (C=N–C) groups is 1. The van der Waals surface area contributed by atoms with Gasteiger partial charge in [0.25, 0.3) is 0 Å². The number of hydrogen-bond acceptors (Lipinski definition) is 2. The Labute approximate surface area is 167 Å². The van der Waals surface area contributed by atoms with Crippen molar-refractivity contribution in [1.29, 1.82) is 0 Å². The Bertz CT molecular complexity index is 935. The molecule has 0 amide bonds. The third-order valence-corrected chi connectivity index (χ3v) is 4.72. The first-order chi connectivity index (χ1) is 12.5. The highest BCUT2D eigenvalue weighted by Crippen LogP contribution is 2.25. The van der Waals surface area contributed by atoms with Crippen molar-refractivity contribution in [2.45, 2.75) is 20.5 Å². The summed E-state index contributed by atoms with van der Waals surface area (Å²) in [6.07, 6.45) is 1.85. The van der Waals surface area contributed by atoms with E-state index in [1.807, 2.05) is 54.7 Å². The second-order valence-corrected chi connectivity index (χ2v) is 7.50. The number of hydrogen-bond donors (Lipinski definition) is 0. The van der Waals surface area contributed by atoms with Gasteiger partial charge in [0.15, 0.2) is 0 Å². The first-order valence-electron chi connectivity index (χ1n) is 8.29. The van der Waals surface area contributed by atoms with E-state index in [2.05, 4.69) is 46.9 Å². The standard InChI is InChI=1S/C22H19BrClNO/c1-15-3-9-21(16(2)11-15)25-13-18-12-19(23)6-10-22(18)26-14-17-4-7-20(24)8-5-17/h3-13H,14H2,1-2H3. The monoisotopic (exact) mass is 427 g/mol. The van der Waals surface area contributed by atoms with Crippen LogP contribution in [0.2, 0.25) is 5.02 Å². The number of halogens is 2. The van der Waals surface area contributed by atoms with Gasteiger partial charge in [-0.2, -0.15) is 0 Å². The molecule has 0 heterocycles. The van der Waals surface area contributed by atoms with Crippen molar-refractivity contribution in [3.63, 3.8) is 0 Å². The van der Waals surface area contributed by atoms with Gasteiger partial charge in [0.1, 0.15) is 12.4 Å². The highest BCUT2D eigenvalue weighted by Gasteiger charge is 2.04. The summed E-state index contributed by atoms with van der Waals surface area (Å²) in [5, 5.41) is 0.721. The molecule has 0 spiro atoms. The molecular weight excluding hydrogens is 410 g/mol. The van der Waals surface area contributed by atoms with Crippen LogP contribution < -0.4 is 4.74 Å². The van der Waals surface area contributed by atoms with Gasteiger partial charge in [-0.25, -0.2) is 0 Å². The van der Waals surface area contributed by atoms with Crippen molar-refractivity contribution in [3.05, 3.63) is 92.4 Å². The fourth-order valence-electron chi connectivity index (χ4n) is 2.58. The third kappa shape index (κ3) is 4.96. The highest BCUT2D eigenvalue weighted by atomic mass is 79.9. The molecule has 0 saturated carbocycles. The highest BCUT2D eigenvalue weighted by molar-refractivity contribution is 9.10. The number of nitrogens with zero attached hydrogens (tertiary/aromatic N) is 1. The molecule has 0 aliphatic rings. The van der Waals surface area contributed by atoms with Crippen molar-refractivity contribution >= 4 is 39.4 Å². The second kappa shape index (κ2) is 8.52. The summed E-state index contributed by atoms with van der Waals surface area (Å²) < 4.78 is 6.99. The number of rotatable bonds is 5. The Morgan fingerprint density at radius 3 is 2.50 bits per heavy atom. The second-order valence-electron chi connectivity index (χ2n) is 6.15. The molecule has 2 nitrogen and oxygen atoms in total. The van der Waals surface area contributed by atoms with Crippen molar-refractivity contribution in [1.82, 2.24) is 0 Å². The zero-order chi connectivity index (χ0) is 18.5. The molecule has 0 saturated heterocycles. The van der Waals surface area contributed by atoms with Crippen LogP contribution in [-0.2, 0) is 6.61 Å². The Kier molecular flexibility index (Phi) is 6.12. The maximum atomic E-state index is 6.00. The average molecular weight is 429 g/mol. The fraction of sp³-hybridized carbons (Fsp3) is 0.136. The molecule has 0 aliphatic heterocycles. The van der Waals surface area contributed by atoms with Crippen LogP contribution in [0.1, 0.15) is 22.3 Å². The molecule has 0 aromatic heterocycles. The van der Waals surface area contributed by atoms with Crippen LogP contribution in [0.5, 0.6) is 5.75 Å². The van der Waals surface area contributed by atoms with Crippen LogP contribution >= 0.6 is 27.5 Å². The van der Waals surface area contributed by atoms with E-state index in [9.17, 15) is 0 Å². The van der Waals surface area contributed by atoms with Gasteiger partial charge in [0.05, 0.1) is 5.69 Å². The van der Waals surface area contributed by atoms with Crippen molar-refractivity contribution in [2.24, 2.45) is 4.99 Å². The Balaban J connectivity index is 1.81. The normalized spacial score (nSPS) is 11.1. The Hall–Kier alpha value is -2.10. The first-order valence-corrected chi connectivity index (χ1v) is 9.46. The summed E-state index contributed by atoms with van der Waals surface area (Å²) in [4.78, 5) is 4.64. The molecule has 26 heavy (non-hydrogen) atoms. The molecule has 132 valence electrons. The molecule has 4 heteroatoms. The summed E-state index contributed by atoms with van der Waals surface area (Å²) in [6.45, 7) is 4.62. The predicted octanol–water partition coefficient (Wildman–Crippen LogP) is 7.05. The van der Waals surface area contributed by atoms with E-state index in [4.69, 9.17) is 16.3 Å².